The molecule has 6 heteroatoms. The lowest BCUT2D eigenvalue weighted by Crippen LogP contribution is -2.05. The van der Waals surface area contributed by atoms with Gasteiger partial charge in [0.1, 0.15) is 18.2 Å². The van der Waals surface area contributed by atoms with Gasteiger partial charge in [-0.15, -0.1) is 0 Å². The number of halogens is 4. The highest BCUT2D eigenvalue weighted by molar-refractivity contribution is 6.36. The molecular weight excluding hydrogens is 396 g/mol. The maximum Gasteiger partial charge on any atom is 0.131 e. The quantitative estimate of drug-likeness (QED) is 0.473. The third-order valence-corrected chi connectivity index (χ3v) is 4.71. The summed E-state index contributed by atoms with van der Waals surface area (Å²) in [6.07, 6.45) is 0. The Morgan fingerprint density at radius 3 is 2.46 bits per heavy atom. The summed E-state index contributed by atoms with van der Waals surface area (Å²) >= 11 is 18.1. The molecule has 0 saturated carbocycles. The Balaban J connectivity index is 1.72. The van der Waals surface area contributed by atoms with Gasteiger partial charge in [0, 0.05) is 22.7 Å². The van der Waals surface area contributed by atoms with Crippen molar-refractivity contribution in [2.45, 2.75) is 13.2 Å². The molecule has 0 spiro atoms. The molecule has 3 aromatic carbocycles. The first-order valence-electron chi connectivity index (χ1n) is 7.87. The van der Waals surface area contributed by atoms with Crippen molar-refractivity contribution >= 4 is 40.5 Å². The molecule has 0 unspecified atom stereocenters. The number of para-hydroxylation sites is 1. The van der Waals surface area contributed by atoms with Crippen LogP contribution < -0.4 is 10.1 Å². The van der Waals surface area contributed by atoms with Crippen molar-refractivity contribution in [1.82, 2.24) is 0 Å². The Kier molecular flexibility index (Phi) is 6.25. The molecular formula is C20H15Cl3FNO. The summed E-state index contributed by atoms with van der Waals surface area (Å²) in [5, 5.41) is 4.70. The van der Waals surface area contributed by atoms with Crippen molar-refractivity contribution in [3.05, 3.63) is 92.7 Å². The fourth-order valence-corrected chi connectivity index (χ4v) is 3.13. The molecule has 134 valence electrons. The van der Waals surface area contributed by atoms with Crippen molar-refractivity contribution in [3.63, 3.8) is 0 Å². The third kappa shape index (κ3) is 4.61. The van der Waals surface area contributed by atoms with Crippen molar-refractivity contribution < 1.29 is 9.13 Å². The van der Waals surface area contributed by atoms with Gasteiger partial charge in [0.05, 0.1) is 15.7 Å². The van der Waals surface area contributed by atoms with Crippen LogP contribution in [0.4, 0.5) is 10.1 Å². The van der Waals surface area contributed by atoms with Crippen molar-refractivity contribution in [2.75, 3.05) is 5.32 Å². The van der Waals surface area contributed by atoms with Crippen molar-refractivity contribution in [1.29, 1.82) is 0 Å². The van der Waals surface area contributed by atoms with Crippen LogP contribution in [0.25, 0.3) is 0 Å². The average molecular weight is 411 g/mol. The molecule has 1 N–H and O–H groups in total. The molecule has 0 fully saturated rings. The molecule has 0 saturated heterocycles. The van der Waals surface area contributed by atoms with Crippen LogP contribution in [0, 0.1) is 5.82 Å². The molecule has 26 heavy (non-hydrogen) atoms. The minimum absolute atomic E-state index is 0.0459. The zero-order valence-electron chi connectivity index (χ0n) is 13.6. The van der Waals surface area contributed by atoms with E-state index >= 15 is 0 Å². The lowest BCUT2D eigenvalue weighted by Gasteiger charge is -2.14. The Bertz CT molecular complexity index is 897. The first-order chi connectivity index (χ1) is 12.5. The zero-order valence-corrected chi connectivity index (χ0v) is 15.9. The molecule has 0 aliphatic carbocycles. The Morgan fingerprint density at radius 2 is 1.69 bits per heavy atom. The number of anilines is 1. The van der Waals surface area contributed by atoms with E-state index < -0.39 is 0 Å². The van der Waals surface area contributed by atoms with E-state index in [9.17, 15) is 4.39 Å². The Hall–Kier alpha value is -1.94. The van der Waals surface area contributed by atoms with E-state index in [4.69, 9.17) is 39.5 Å². The van der Waals surface area contributed by atoms with Crippen LogP contribution in [-0.4, -0.2) is 0 Å². The maximum absolute atomic E-state index is 13.9. The lowest BCUT2D eigenvalue weighted by molar-refractivity contribution is 0.297. The van der Waals surface area contributed by atoms with E-state index in [2.05, 4.69) is 5.32 Å². The molecule has 0 radical (unpaired) electrons. The third-order valence-electron chi connectivity index (χ3n) is 3.81. The second-order valence-corrected chi connectivity index (χ2v) is 6.83. The van der Waals surface area contributed by atoms with Crippen LogP contribution >= 0.6 is 34.8 Å². The number of ether oxygens (including phenoxy) is 1. The topological polar surface area (TPSA) is 21.3 Å². The van der Waals surface area contributed by atoms with Crippen LogP contribution in [0.3, 0.4) is 0 Å². The van der Waals surface area contributed by atoms with Gasteiger partial charge in [0.15, 0.2) is 0 Å². The average Bonchev–Trinajstić information content (AvgIpc) is 2.61. The van der Waals surface area contributed by atoms with E-state index in [-0.39, 0.29) is 12.4 Å². The molecule has 0 bridgehead atoms. The second kappa shape index (κ2) is 8.63. The van der Waals surface area contributed by atoms with Crippen molar-refractivity contribution in [2.24, 2.45) is 0 Å². The molecule has 0 aliphatic rings. The van der Waals surface area contributed by atoms with Gasteiger partial charge in [-0.1, -0.05) is 59.1 Å². The monoisotopic (exact) mass is 409 g/mol. The number of benzene rings is 3. The lowest BCUT2D eigenvalue weighted by atomic mass is 10.2. The fraction of sp³-hybridized carbons (Fsp3) is 0.100. The predicted molar refractivity (Wildman–Crippen MR) is 106 cm³/mol. The summed E-state index contributed by atoms with van der Waals surface area (Å²) < 4.78 is 19.7. The Labute approximate surface area is 166 Å². The minimum atomic E-state index is -0.388. The van der Waals surface area contributed by atoms with Gasteiger partial charge < -0.3 is 10.1 Å². The van der Waals surface area contributed by atoms with Gasteiger partial charge in [-0.2, -0.15) is 0 Å². The van der Waals surface area contributed by atoms with Crippen LogP contribution in [-0.2, 0) is 13.2 Å². The molecule has 2 nitrogen and oxygen atoms in total. The number of hydrogen-bond donors (Lipinski definition) is 1. The van der Waals surface area contributed by atoms with Gasteiger partial charge >= 0.3 is 0 Å². The van der Waals surface area contributed by atoms with E-state index in [0.29, 0.717) is 32.9 Å². The van der Waals surface area contributed by atoms with Crippen LogP contribution in [0.1, 0.15) is 11.1 Å². The molecule has 3 aromatic rings. The number of rotatable bonds is 6. The normalized spacial score (nSPS) is 10.6. The zero-order chi connectivity index (χ0) is 18.5. The van der Waals surface area contributed by atoms with E-state index in [1.165, 1.54) is 6.07 Å². The van der Waals surface area contributed by atoms with Gasteiger partial charge in [0.2, 0.25) is 0 Å². The fourth-order valence-electron chi connectivity index (χ4n) is 2.43. The highest BCUT2D eigenvalue weighted by atomic mass is 35.5. The van der Waals surface area contributed by atoms with Gasteiger partial charge in [-0.25, -0.2) is 4.39 Å². The van der Waals surface area contributed by atoms with Crippen molar-refractivity contribution in [3.8, 4) is 5.75 Å². The smallest absolute Gasteiger partial charge is 0.131 e. The van der Waals surface area contributed by atoms with Crippen LogP contribution in [0.2, 0.25) is 15.1 Å². The summed E-state index contributed by atoms with van der Waals surface area (Å²) in [6, 6.07) is 17.3. The maximum atomic E-state index is 13.9. The van der Waals surface area contributed by atoms with Crippen LogP contribution in [0.15, 0.2) is 60.7 Å². The highest BCUT2D eigenvalue weighted by Gasteiger charge is 2.10. The van der Waals surface area contributed by atoms with Gasteiger partial charge in [0.25, 0.3) is 0 Å². The number of hydrogen-bond acceptors (Lipinski definition) is 2. The molecule has 3 rings (SSSR count). The first-order valence-corrected chi connectivity index (χ1v) is 9.00. The SMILES string of the molecule is Fc1cccc(Cl)c1COc1ccccc1CNc1ccc(Cl)cc1Cl. The second-order valence-electron chi connectivity index (χ2n) is 5.57. The summed E-state index contributed by atoms with van der Waals surface area (Å²) in [5.74, 6) is 0.255. The first kappa shape index (κ1) is 18.8. The largest absolute Gasteiger partial charge is 0.488 e. The molecule has 0 heterocycles. The molecule has 0 aliphatic heterocycles. The van der Waals surface area contributed by atoms with E-state index in [1.54, 1.807) is 24.3 Å². The summed E-state index contributed by atoms with van der Waals surface area (Å²) in [5.41, 5.74) is 2.01. The van der Waals surface area contributed by atoms with Crippen LogP contribution in [0.5, 0.6) is 5.75 Å². The van der Waals surface area contributed by atoms with E-state index in [1.807, 2.05) is 30.3 Å². The Morgan fingerprint density at radius 1 is 0.885 bits per heavy atom. The standard InChI is InChI=1S/C20H15Cl3FNO/c21-14-8-9-19(17(23)10-14)25-11-13-4-1-2-7-20(13)26-12-15-16(22)5-3-6-18(15)24/h1-10,25H,11-12H2. The summed E-state index contributed by atoms with van der Waals surface area (Å²) in [4.78, 5) is 0. The van der Waals surface area contributed by atoms with Gasteiger partial charge in [-0.05, 0) is 36.4 Å². The predicted octanol–water partition coefficient (Wildman–Crippen LogP) is 6.98. The molecule has 0 amide bonds. The minimum Gasteiger partial charge on any atom is -0.488 e. The summed E-state index contributed by atoms with van der Waals surface area (Å²) in [7, 11) is 0. The highest BCUT2D eigenvalue weighted by Crippen LogP contribution is 2.28. The number of nitrogens with one attached hydrogen (secondary N) is 1. The molecule has 0 aromatic heterocycles. The van der Waals surface area contributed by atoms with E-state index in [0.717, 1.165) is 11.3 Å². The molecule has 0 atom stereocenters. The van der Waals surface area contributed by atoms with Gasteiger partial charge in [-0.3, -0.25) is 0 Å². The summed E-state index contributed by atoms with van der Waals surface area (Å²) in [6.45, 7) is 0.534.